The molecule has 1 fully saturated rings. The van der Waals surface area contributed by atoms with Crippen LogP contribution in [0.2, 0.25) is 0 Å². The number of aromatic nitrogens is 2. The van der Waals surface area contributed by atoms with Crippen LogP contribution in [0.1, 0.15) is 23.4 Å². The van der Waals surface area contributed by atoms with Crippen LogP contribution in [0.3, 0.4) is 0 Å². The molecule has 1 aliphatic heterocycles. The first kappa shape index (κ1) is 19.1. The van der Waals surface area contributed by atoms with E-state index >= 15 is 0 Å². The van der Waals surface area contributed by atoms with Gasteiger partial charge in [-0.05, 0) is 38.4 Å². The van der Waals surface area contributed by atoms with Gasteiger partial charge in [-0.2, -0.15) is 4.98 Å². The number of fused-ring (bicyclic) bond motifs is 1. The van der Waals surface area contributed by atoms with Crippen molar-refractivity contribution in [3.8, 4) is 0 Å². The number of likely N-dealkylation sites (N-methyl/N-ethyl adjacent to an activating group) is 1. The highest BCUT2D eigenvalue weighted by Gasteiger charge is 2.26. The predicted molar refractivity (Wildman–Crippen MR) is 107 cm³/mol. The fraction of sp³-hybridized carbons (Fsp3) is 0.526. The summed E-state index contributed by atoms with van der Waals surface area (Å²) in [6, 6.07) is 3.61. The molecule has 2 aromatic heterocycles. The summed E-state index contributed by atoms with van der Waals surface area (Å²) >= 11 is 1.35. The number of hydrogen-bond acceptors (Lipinski definition) is 7. The third-order valence-corrected chi connectivity index (χ3v) is 6.24. The van der Waals surface area contributed by atoms with E-state index in [0.717, 1.165) is 56.7 Å². The highest BCUT2D eigenvalue weighted by molar-refractivity contribution is 7.99. The van der Waals surface area contributed by atoms with Gasteiger partial charge in [0.05, 0.1) is 24.3 Å². The van der Waals surface area contributed by atoms with Gasteiger partial charge in [-0.25, -0.2) is 9.47 Å². The summed E-state index contributed by atoms with van der Waals surface area (Å²) in [6.45, 7) is 3.89. The van der Waals surface area contributed by atoms with Gasteiger partial charge in [-0.1, -0.05) is 11.8 Å². The lowest BCUT2D eigenvalue weighted by Gasteiger charge is -2.35. The van der Waals surface area contributed by atoms with Crippen LogP contribution in [0.15, 0.2) is 32.6 Å². The molecule has 150 valence electrons. The number of furan rings is 1. The summed E-state index contributed by atoms with van der Waals surface area (Å²) in [6.07, 6.45) is 4.40. The Kier molecular flexibility index (Phi) is 5.72. The number of hydrogen-bond donors (Lipinski definition) is 1. The van der Waals surface area contributed by atoms with Crippen LogP contribution in [0.4, 0.5) is 0 Å². The monoisotopic (exact) mass is 403 g/mol. The molecule has 0 saturated carbocycles. The molecule has 1 saturated heterocycles. The van der Waals surface area contributed by atoms with Crippen molar-refractivity contribution in [3.05, 3.63) is 45.9 Å². The molecule has 0 radical (unpaired) electrons. The Labute approximate surface area is 167 Å². The molecule has 1 N–H and O–H groups in total. The van der Waals surface area contributed by atoms with Gasteiger partial charge in [-0.3, -0.25) is 4.79 Å². The summed E-state index contributed by atoms with van der Waals surface area (Å²) in [5, 5.41) is 5.65. The first-order valence-corrected chi connectivity index (χ1v) is 10.6. The molecule has 2 aromatic rings. The van der Waals surface area contributed by atoms with Gasteiger partial charge in [-0.15, -0.1) is 0 Å². The van der Waals surface area contributed by atoms with Crippen LogP contribution in [0.5, 0.6) is 0 Å². The Hall–Kier alpha value is -2.26. The molecular formula is C19H25N5O3S. The summed E-state index contributed by atoms with van der Waals surface area (Å²) in [5.74, 6) is 0.850. The van der Waals surface area contributed by atoms with Crippen molar-refractivity contribution in [2.45, 2.75) is 30.8 Å². The molecule has 0 bridgehead atoms. The van der Waals surface area contributed by atoms with Crippen molar-refractivity contribution >= 4 is 17.7 Å². The molecule has 3 heterocycles. The van der Waals surface area contributed by atoms with Crippen molar-refractivity contribution in [2.75, 3.05) is 44.0 Å². The first-order chi connectivity index (χ1) is 13.6. The maximum Gasteiger partial charge on any atom is 0.367 e. The third-order valence-electron chi connectivity index (χ3n) is 5.22. The zero-order valence-corrected chi connectivity index (χ0v) is 16.8. The molecule has 0 atom stereocenters. The highest BCUT2D eigenvalue weighted by atomic mass is 32.2. The minimum Gasteiger partial charge on any atom is -0.467 e. The van der Waals surface area contributed by atoms with Crippen LogP contribution in [-0.4, -0.2) is 59.4 Å². The van der Waals surface area contributed by atoms with E-state index in [-0.39, 0.29) is 17.3 Å². The number of piperazine rings is 1. The van der Waals surface area contributed by atoms with E-state index in [0.29, 0.717) is 17.3 Å². The van der Waals surface area contributed by atoms with Gasteiger partial charge in [0.1, 0.15) is 10.8 Å². The molecule has 4 rings (SSSR count). The molecule has 0 aromatic carbocycles. The van der Waals surface area contributed by atoms with E-state index in [2.05, 4.69) is 27.3 Å². The molecule has 8 nitrogen and oxygen atoms in total. The number of nitrogens with zero attached hydrogens (tertiary/aromatic N) is 4. The van der Waals surface area contributed by atoms with Gasteiger partial charge in [0.15, 0.2) is 0 Å². The van der Waals surface area contributed by atoms with Crippen LogP contribution in [-0.2, 0) is 24.2 Å². The molecule has 1 aliphatic carbocycles. The molecule has 0 spiro atoms. The average Bonchev–Trinajstić information content (AvgIpc) is 3.37. The fourth-order valence-corrected chi connectivity index (χ4v) is 4.61. The molecule has 9 heteroatoms. The third kappa shape index (κ3) is 4.10. The number of carbonyl (C=O) groups is 1. The molecule has 2 aliphatic rings. The number of rotatable bonds is 6. The van der Waals surface area contributed by atoms with Gasteiger partial charge in [0, 0.05) is 31.7 Å². The van der Waals surface area contributed by atoms with E-state index in [1.807, 2.05) is 6.07 Å². The summed E-state index contributed by atoms with van der Waals surface area (Å²) in [4.78, 5) is 31.5. The van der Waals surface area contributed by atoms with Crippen molar-refractivity contribution in [3.63, 3.8) is 0 Å². The van der Waals surface area contributed by atoms with Crippen LogP contribution < -0.4 is 16.0 Å². The van der Waals surface area contributed by atoms with E-state index < -0.39 is 0 Å². The predicted octanol–water partition coefficient (Wildman–Crippen LogP) is 0.617. The lowest BCUT2D eigenvalue weighted by atomic mass is 10.3. The summed E-state index contributed by atoms with van der Waals surface area (Å²) < 4.78 is 7.00. The second-order valence-electron chi connectivity index (χ2n) is 7.19. The maximum absolute atomic E-state index is 12.8. The highest BCUT2D eigenvalue weighted by Crippen LogP contribution is 2.29. The Morgan fingerprint density at radius 3 is 2.86 bits per heavy atom. The first-order valence-electron chi connectivity index (χ1n) is 9.62. The number of thioether (sulfide) groups is 1. The largest absolute Gasteiger partial charge is 0.467 e. The SMILES string of the molecule is CN1CCN(n2c3c(c(SCC(=O)NCc4ccco4)nc2=O)CCC3)CC1. The lowest BCUT2D eigenvalue weighted by Crippen LogP contribution is -2.54. The van der Waals surface area contributed by atoms with Crippen molar-refractivity contribution in [2.24, 2.45) is 0 Å². The normalized spacial score (nSPS) is 17.0. The summed E-state index contributed by atoms with van der Waals surface area (Å²) in [5.41, 5.74) is 1.97. The zero-order valence-electron chi connectivity index (χ0n) is 16.0. The van der Waals surface area contributed by atoms with Crippen LogP contribution in [0.25, 0.3) is 0 Å². The van der Waals surface area contributed by atoms with E-state index in [4.69, 9.17) is 4.42 Å². The zero-order chi connectivity index (χ0) is 19.5. The number of nitrogens with one attached hydrogen (secondary N) is 1. The molecule has 0 unspecified atom stereocenters. The van der Waals surface area contributed by atoms with Gasteiger partial charge >= 0.3 is 5.69 Å². The second-order valence-corrected chi connectivity index (χ2v) is 8.16. The smallest absolute Gasteiger partial charge is 0.367 e. The Morgan fingerprint density at radius 2 is 2.11 bits per heavy atom. The Bertz CT molecular complexity index is 888. The van der Waals surface area contributed by atoms with E-state index in [9.17, 15) is 9.59 Å². The van der Waals surface area contributed by atoms with Crippen LogP contribution in [0, 0.1) is 0 Å². The average molecular weight is 404 g/mol. The second kappa shape index (κ2) is 8.40. The minimum atomic E-state index is -0.233. The summed E-state index contributed by atoms with van der Waals surface area (Å²) in [7, 11) is 2.10. The molecule has 28 heavy (non-hydrogen) atoms. The standard InChI is InChI=1S/C19H25N5O3S/c1-22-7-9-23(10-8-22)24-16-6-2-5-15(16)18(21-19(24)26)28-13-17(25)20-12-14-4-3-11-27-14/h3-4,11H,2,5-10,12-13H2,1H3,(H,20,25). The quantitative estimate of drug-likeness (QED) is 0.559. The van der Waals surface area contributed by atoms with Crippen molar-refractivity contribution < 1.29 is 9.21 Å². The molecule has 1 amide bonds. The fourth-order valence-electron chi connectivity index (χ4n) is 3.70. The van der Waals surface area contributed by atoms with Gasteiger partial charge < -0.3 is 19.6 Å². The lowest BCUT2D eigenvalue weighted by molar-refractivity contribution is -0.118. The van der Waals surface area contributed by atoms with Crippen molar-refractivity contribution in [1.82, 2.24) is 19.9 Å². The number of carbonyl (C=O) groups excluding carboxylic acids is 1. The minimum absolute atomic E-state index is 0.0989. The van der Waals surface area contributed by atoms with Gasteiger partial charge in [0.25, 0.3) is 0 Å². The molecular weight excluding hydrogens is 378 g/mol. The van der Waals surface area contributed by atoms with E-state index in [1.54, 1.807) is 17.0 Å². The topological polar surface area (TPSA) is 83.6 Å². The maximum atomic E-state index is 12.8. The van der Waals surface area contributed by atoms with Crippen LogP contribution >= 0.6 is 11.8 Å². The van der Waals surface area contributed by atoms with E-state index in [1.165, 1.54) is 11.8 Å². The Balaban J connectivity index is 1.45. The Morgan fingerprint density at radius 1 is 1.29 bits per heavy atom. The van der Waals surface area contributed by atoms with Gasteiger partial charge in [0.2, 0.25) is 5.91 Å². The van der Waals surface area contributed by atoms with Crippen molar-refractivity contribution in [1.29, 1.82) is 0 Å². The number of amides is 1.